The summed E-state index contributed by atoms with van der Waals surface area (Å²) in [7, 11) is 0. The number of nitrogens with zero attached hydrogens (tertiary/aromatic N) is 4. The molecule has 0 aliphatic heterocycles. The summed E-state index contributed by atoms with van der Waals surface area (Å²) in [6, 6.07) is 13.7. The average molecular weight is 371 g/mol. The molecule has 2 heterocycles. The number of hydrogen-bond acceptors (Lipinski definition) is 5. The van der Waals surface area contributed by atoms with Gasteiger partial charge in [-0.1, -0.05) is 36.4 Å². The predicted molar refractivity (Wildman–Crippen MR) is 104 cm³/mol. The van der Waals surface area contributed by atoms with Crippen LogP contribution in [0.5, 0.6) is 11.5 Å². The highest BCUT2D eigenvalue weighted by molar-refractivity contribution is 5.89. The van der Waals surface area contributed by atoms with Crippen LogP contribution in [0.1, 0.15) is 5.82 Å². The van der Waals surface area contributed by atoms with Crippen LogP contribution in [0.15, 0.2) is 73.1 Å². The van der Waals surface area contributed by atoms with Gasteiger partial charge in [0, 0.05) is 11.1 Å². The Morgan fingerprint density at radius 3 is 2.61 bits per heavy atom. The molecule has 0 atom stereocenters. The lowest BCUT2D eigenvalue weighted by Gasteiger charge is -2.08. The van der Waals surface area contributed by atoms with Crippen LogP contribution in [0, 0.1) is 5.82 Å². The summed E-state index contributed by atoms with van der Waals surface area (Å²) in [4.78, 5) is 8.71. The summed E-state index contributed by atoms with van der Waals surface area (Å²) >= 11 is 0. The monoisotopic (exact) mass is 371 g/mol. The molecule has 6 nitrogen and oxygen atoms in total. The zero-order valence-electron chi connectivity index (χ0n) is 14.6. The lowest BCUT2D eigenvalue weighted by Crippen LogP contribution is -2.02. The van der Waals surface area contributed by atoms with E-state index in [0.29, 0.717) is 28.3 Å². The van der Waals surface area contributed by atoms with Gasteiger partial charge in [0.1, 0.15) is 23.3 Å². The summed E-state index contributed by atoms with van der Waals surface area (Å²) in [5.41, 5.74) is 8.60. The van der Waals surface area contributed by atoms with Gasteiger partial charge in [-0.05, 0) is 30.3 Å². The summed E-state index contributed by atoms with van der Waals surface area (Å²) < 4.78 is 22.0. The van der Waals surface area contributed by atoms with Gasteiger partial charge >= 0.3 is 0 Å². The van der Waals surface area contributed by atoms with Crippen molar-refractivity contribution in [2.75, 3.05) is 5.73 Å². The third kappa shape index (κ3) is 2.61. The molecule has 0 saturated carbocycles. The summed E-state index contributed by atoms with van der Waals surface area (Å²) in [5.74, 6) is 1.10. The second kappa shape index (κ2) is 6.31. The van der Waals surface area contributed by atoms with Gasteiger partial charge in [0.25, 0.3) is 0 Å². The van der Waals surface area contributed by atoms with Crippen LogP contribution in [0.4, 0.5) is 10.2 Å². The number of ether oxygens (including phenoxy) is 1. The molecule has 0 fully saturated rings. The van der Waals surface area contributed by atoms with E-state index in [0.717, 1.165) is 5.57 Å². The molecule has 1 aliphatic rings. The van der Waals surface area contributed by atoms with Crippen molar-refractivity contribution in [1.82, 2.24) is 19.6 Å². The number of allylic oxidation sites excluding steroid dienone is 4. The lowest BCUT2D eigenvalue weighted by atomic mass is 10.1. The van der Waals surface area contributed by atoms with E-state index >= 15 is 0 Å². The van der Waals surface area contributed by atoms with Crippen molar-refractivity contribution in [3.05, 3.63) is 84.7 Å². The van der Waals surface area contributed by atoms with Crippen LogP contribution < -0.4 is 10.5 Å². The maximum atomic E-state index is 14.7. The minimum atomic E-state index is -0.498. The SMILES string of the molecule is Nc1ncnn2c(C3=CC=C3)nc(-c3ccc(Oc4ccccc4)c(F)c3)c12. The van der Waals surface area contributed by atoms with Crippen molar-refractivity contribution in [3.8, 4) is 22.8 Å². The molecule has 0 radical (unpaired) electrons. The Bertz CT molecular complexity index is 1260. The van der Waals surface area contributed by atoms with E-state index in [1.807, 2.05) is 36.4 Å². The Kier molecular flexibility index (Phi) is 3.65. The third-order valence-corrected chi connectivity index (χ3v) is 4.45. The van der Waals surface area contributed by atoms with Crippen LogP contribution in [-0.2, 0) is 0 Å². The number of para-hydroxylation sites is 1. The van der Waals surface area contributed by atoms with Crippen molar-refractivity contribution in [2.45, 2.75) is 0 Å². The minimum absolute atomic E-state index is 0.132. The fourth-order valence-corrected chi connectivity index (χ4v) is 3.03. The predicted octanol–water partition coefficient (Wildman–Crippen LogP) is 4.26. The molecule has 0 unspecified atom stereocenters. The van der Waals surface area contributed by atoms with E-state index in [9.17, 15) is 4.39 Å². The fourth-order valence-electron chi connectivity index (χ4n) is 3.03. The molecule has 2 N–H and O–H groups in total. The van der Waals surface area contributed by atoms with Crippen molar-refractivity contribution in [1.29, 1.82) is 0 Å². The highest BCUT2D eigenvalue weighted by Gasteiger charge is 2.20. The summed E-state index contributed by atoms with van der Waals surface area (Å²) in [5, 5.41) is 4.26. The highest BCUT2D eigenvalue weighted by atomic mass is 19.1. The second-order valence-corrected chi connectivity index (χ2v) is 6.23. The number of benzene rings is 2. The van der Waals surface area contributed by atoms with Gasteiger partial charge in [-0.2, -0.15) is 5.10 Å². The van der Waals surface area contributed by atoms with Crippen molar-refractivity contribution >= 4 is 16.9 Å². The first-order chi connectivity index (χ1) is 13.7. The topological polar surface area (TPSA) is 78.3 Å². The number of nitrogen functional groups attached to an aromatic ring is 1. The maximum Gasteiger partial charge on any atom is 0.166 e. The molecule has 0 bridgehead atoms. The van der Waals surface area contributed by atoms with E-state index in [1.165, 1.54) is 12.4 Å². The zero-order valence-corrected chi connectivity index (χ0v) is 14.6. The molecule has 0 saturated heterocycles. The van der Waals surface area contributed by atoms with Crippen molar-refractivity contribution < 1.29 is 9.13 Å². The average Bonchev–Trinajstić information content (AvgIpc) is 3.04. The maximum absolute atomic E-state index is 14.7. The summed E-state index contributed by atoms with van der Waals surface area (Å²) in [6.07, 6.45) is 7.14. The Balaban J connectivity index is 1.60. The van der Waals surface area contributed by atoms with Gasteiger partial charge in [-0.3, -0.25) is 0 Å². The van der Waals surface area contributed by atoms with E-state index < -0.39 is 5.82 Å². The zero-order chi connectivity index (χ0) is 19.1. The van der Waals surface area contributed by atoms with E-state index in [1.54, 1.807) is 28.8 Å². The second-order valence-electron chi connectivity index (χ2n) is 6.23. The van der Waals surface area contributed by atoms with Gasteiger partial charge in [0.15, 0.2) is 23.2 Å². The van der Waals surface area contributed by atoms with Crippen LogP contribution in [-0.4, -0.2) is 19.6 Å². The van der Waals surface area contributed by atoms with Gasteiger partial charge in [0.2, 0.25) is 0 Å². The molecule has 7 heteroatoms. The number of imidazole rings is 1. The molecule has 2 aromatic carbocycles. The Hall–Kier alpha value is -4.00. The van der Waals surface area contributed by atoms with Crippen molar-refractivity contribution in [2.24, 2.45) is 0 Å². The quantitative estimate of drug-likeness (QED) is 0.580. The molecule has 2 aromatic heterocycles. The Morgan fingerprint density at radius 2 is 1.89 bits per heavy atom. The van der Waals surface area contributed by atoms with Gasteiger partial charge in [0.05, 0.1) is 0 Å². The Morgan fingerprint density at radius 1 is 1.07 bits per heavy atom. The molecular formula is C21H14FN5O. The van der Waals surface area contributed by atoms with Crippen LogP contribution in [0.2, 0.25) is 0 Å². The number of aromatic nitrogens is 4. The van der Waals surface area contributed by atoms with E-state index in [-0.39, 0.29) is 11.6 Å². The molecular weight excluding hydrogens is 357 g/mol. The molecule has 28 heavy (non-hydrogen) atoms. The number of hydrogen-bond donors (Lipinski definition) is 1. The van der Waals surface area contributed by atoms with Gasteiger partial charge in [-0.25, -0.2) is 18.9 Å². The number of halogens is 1. The van der Waals surface area contributed by atoms with E-state index in [2.05, 4.69) is 15.1 Å². The molecule has 1 aliphatic carbocycles. The largest absolute Gasteiger partial charge is 0.454 e. The Labute approximate surface area is 159 Å². The number of rotatable bonds is 4. The lowest BCUT2D eigenvalue weighted by molar-refractivity contribution is 0.442. The number of anilines is 1. The highest BCUT2D eigenvalue weighted by Crippen LogP contribution is 2.34. The standard InChI is InChI=1S/C21H14FN5O/c22-16-11-14(9-10-17(16)28-15-7-2-1-3-8-15)18-19-20(23)24-12-25-27(19)21(26-18)13-5-4-6-13/h1-12H,(H2,23,24,25). The third-order valence-electron chi connectivity index (χ3n) is 4.45. The number of fused-ring (bicyclic) bond motifs is 1. The smallest absolute Gasteiger partial charge is 0.166 e. The molecule has 0 amide bonds. The molecule has 0 spiro atoms. The minimum Gasteiger partial charge on any atom is -0.454 e. The first-order valence-electron chi connectivity index (χ1n) is 8.61. The van der Waals surface area contributed by atoms with Crippen LogP contribution in [0.3, 0.4) is 0 Å². The van der Waals surface area contributed by atoms with Crippen LogP contribution >= 0.6 is 0 Å². The fraction of sp³-hybridized carbons (Fsp3) is 0. The van der Waals surface area contributed by atoms with Crippen LogP contribution in [0.25, 0.3) is 22.3 Å². The van der Waals surface area contributed by atoms with Crippen molar-refractivity contribution in [3.63, 3.8) is 0 Å². The number of nitrogens with two attached hydrogens (primary N) is 1. The van der Waals surface area contributed by atoms with Gasteiger partial charge < -0.3 is 10.5 Å². The molecule has 5 rings (SSSR count). The van der Waals surface area contributed by atoms with Gasteiger partial charge in [-0.15, -0.1) is 0 Å². The molecule has 136 valence electrons. The first kappa shape index (κ1) is 16.2. The normalized spacial score (nSPS) is 12.7. The summed E-state index contributed by atoms with van der Waals surface area (Å²) in [6.45, 7) is 0. The first-order valence-corrected chi connectivity index (χ1v) is 8.61. The van der Waals surface area contributed by atoms with E-state index in [4.69, 9.17) is 10.5 Å². The molecule has 4 aromatic rings.